The molecule has 0 radical (unpaired) electrons. The molecule has 78 valence electrons. The van der Waals surface area contributed by atoms with Gasteiger partial charge in [0.05, 0.1) is 7.11 Å². The molecule has 1 aromatic rings. The van der Waals surface area contributed by atoms with Gasteiger partial charge in [0.1, 0.15) is 6.54 Å². The first kappa shape index (κ1) is 12.8. The van der Waals surface area contributed by atoms with Crippen molar-refractivity contribution in [3.05, 3.63) is 30.3 Å². The molecule has 4 heteroatoms. The highest BCUT2D eigenvalue weighted by atomic mass is 35.5. The number of carbonyl (C=O) groups is 1. The molecule has 3 nitrogen and oxygen atoms in total. The number of rotatable bonds is 3. The van der Waals surface area contributed by atoms with E-state index in [1.807, 2.05) is 42.3 Å². The average Bonchev–Trinajstić information content (AvgIpc) is 2.19. The number of likely N-dealkylation sites (N-methyl/N-ethyl adjacent to an activating group) is 1. The Labute approximate surface area is 90.1 Å². The summed E-state index contributed by atoms with van der Waals surface area (Å²) in [5.41, 5.74) is 1.01. The first-order chi connectivity index (χ1) is 6.24. The van der Waals surface area contributed by atoms with Gasteiger partial charge in [-0.1, -0.05) is 18.2 Å². The van der Waals surface area contributed by atoms with Crippen LogP contribution in [0.2, 0.25) is 0 Å². The summed E-state index contributed by atoms with van der Waals surface area (Å²) in [6.45, 7) is 0.278. The van der Waals surface area contributed by atoms with Crippen molar-refractivity contribution >= 4 is 24.1 Å². The largest absolute Gasteiger partial charge is 0.468 e. The Morgan fingerprint density at radius 2 is 1.93 bits per heavy atom. The zero-order valence-corrected chi connectivity index (χ0v) is 9.08. The molecule has 0 aliphatic heterocycles. The number of para-hydroxylation sites is 1. The quantitative estimate of drug-likeness (QED) is 0.720. The Morgan fingerprint density at radius 3 is 2.43 bits per heavy atom. The van der Waals surface area contributed by atoms with Gasteiger partial charge in [0, 0.05) is 12.7 Å². The number of benzene rings is 1. The van der Waals surface area contributed by atoms with Crippen LogP contribution in [0.4, 0.5) is 5.69 Å². The maximum Gasteiger partial charge on any atom is 0.325 e. The van der Waals surface area contributed by atoms with Crippen LogP contribution in [-0.4, -0.2) is 26.7 Å². The van der Waals surface area contributed by atoms with E-state index in [9.17, 15) is 4.79 Å². The molecule has 0 aliphatic carbocycles. The lowest BCUT2D eigenvalue weighted by Gasteiger charge is -2.16. The SMILES string of the molecule is COC(=O)CN(C)c1ccccc1.Cl. The summed E-state index contributed by atoms with van der Waals surface area (Å²) in [5, 5.41) is 0. The van der Waals surface area contributed by atoms with E-state index in [0.29, 0.717) is 0 Å². The Morgan fingerprint density at radius 1 is 1.36 bits per heavy atom. The summed E-state index contributed by atoms with van der Waals surface area (Å²) in [7, 11) is 3.24. The van der Waals surface area contributed by atoms with Crippen molar-refractivity contribution in [2.75, 3.05) is 25.6 Å². The number of halogens is 1. The van der Waals surface area contributed by atoms with E-state index in [0.717, 1.165) is 5.69 Å². The molecule has 0 fully saturated rings. The molecule has 0 aromatic heterocycles. The molecule has 0 spiro atoms. The molecule has 0 saturated heterocycles. The van der Waals surface area contributed by atoms with Crippen molar-refractivity contribution in [1.29, 1.82) is 0 Å². The first-order valence-corrected chi connectivity index (χ1v) is 4.07. The van der Waals surface area contributed by atoms with Crippen LogP contribution in [0.15, 0.2) is 30.3 Å². The molecule has 1 aromatic carbocycles. The zero-order chi connectivity index (χ0) is 9.68. The minimum Gasteiger partial charge on any atom is -0.468 e. The lowest BCUT2D eigenvalue weighted by Crippen LogP contribution is -2.26. The van der Waals surface area contributed by atoms with Crippen LogP contribution in [0.3, 0.4) is 0 Å². The molecule has 0 N–H and O–H groups in total. The minimum atomic E-state index is -0.230. The van der Waals surface area contributed by atoms with Crippen LogP contribution in [0.25, 0.3) is 0 Å². The van der Waals surface area contributed by atoms with E-state index in [2.05, 4.69) is 4.74 Å². The van der Waals surface area contributed by atoms with E-state index >= 15 is 0 Å². The number of ether oxygens (including phenoxy) is 1. The van der Waals surface area contributed by atoms with Gasteiger partial charge in [0.2, 0.25) is 0 Å². The van der Waals surface area contributed by atoms with E-state index in [4.69, 9.17) is 0 Å². The van der Waals surface area contributed by atoms with Crippen molar-refractivity contribution in [2.24, 2.45) is 0 Å². The van der Waals surface area contributed by atoms with Crippen LogP contribution >= 0.6 is 12.4 Å². The molecule has 0 aliphatic rings. The molecule has 0 heterocycles. The topological polar surface area (TPSA) is 29.5 Å². The van der Waals surface area contributed by atoms with Gasteiger partial charge in [0.15, 0.2) is 0 Å². The lowest BCUT2D eigenvalue weighted by atomic mass is 10.3. The van der Waals surface area contributed by atoms with Crippen molar-refractivity contribution in [2.45, 2.75) is 0 Å². The summed E-state index contributed by atoms with van der Waals surface area (Å²) in [6, 6.07) is 9.70. The van der Waals surface area contributed by atoms with E-state index in [1.54, 1.807) is 0 Å². The molecular formula is C10H14ClNO2. The van der Waals surface area contributed by atoms with Gasteiger partial charge in [-0.05, 0) is 12.1 Å². The fourth-order valence-electron chi connectivity index (χ4n) is 1.03. The van der Waals surface area contributed by atoms with Gasteiger partial charge >= 0.3 is 5.97 Å². The van der Waals surface area contributed by atoms with Gasteiger partial charge in [-0.3, -0.25) is 4.79 Å². The Balaban J connectivity index is 0.00000169. The summed E-state index contributed by atoms with van der Waals surface area (Å²) in [6.07, 6.45) is 0. The molecule has 0 unspecified atom stereocenters. The standard InChI is InChI=1S/C10H13NO2.ClH/c1-11(8-10(12)13-2)9-6-4-3-5-7-9;/h3-7H,8H2,1-2H3;1H. The molecule has 0 saturated carbocycles. The number of esters is 1. The average molecular weight is 216 g/mol. The van der Waals surface area contributed by atoms with Gasteiger partial charge in [-0.15, -0.1) is 12.4 Å². The second-order valence-corrected chi connectivity index (χ2v) is 2.77. The summed E-state index contributed by atoms with van der Waals surface area (Å²) in [4.78, 5) is 12.8. The second kappa shape index (κ2) is 6.27. The highest BCUT2D eigenvalue weighted by Crippen LogP contribution is 2.09. The van der Waals surface area contributed by atoms with Gasteiger partial charge in [-0.25, -0.2) is 0 Å². The van der Waals surface area contributed by atoms with Crippen LogP contribution in [0, 0.1) is 0 Å². The number of methoxy groups -OCH3 is 1. The third-order valence-electron chi connectivity index (χ3n) is 1.79. The molecule has 0 bridgehead atoms. The summed E-state index contributed by atoms with van der Waals surface area (Å²) >= 11 is 0. The van der Waals surface area contributed by atoms with Crippen LogP contribution in [0.5, 0.6) is 0 Å². The Kier molecular flexibility index (Phi) is 5.72. The number of anilines is 1. The molecular weight excluding hydrogens is 202 g/mol. The molecule has 14 heavy (non-hydrogen) atoms. The Bertz CT molecular complexity index is 277. The Hall–Kier alpha value is -1.22. The molecule has 0 amide bonds. The van der Waals surface area contributed by atoms with Crippen LogP contribution in [-0.2, 0) is 9.53 Å². The molecule has 1 rings (SSSR count). The fourth-order valence-corrected chi connectivity index (χ4v) is 1.03. The maximum atomic E-state index is 10.9. The van der Waals surface area contributed by atoms with Crippen LogP contribution < -0.4 is 4.90 Å². The van der Waals surface area contributed by atoms with E-state index in [-0.39, 0.29) is 24.9 Å². The lowest BCUT2D eigenvalue weighted by molar-refractivity contribution is -0.138. The minimum absolute atomic E-state index is 0. The summed E-state index contributed by atoms with van der Waals surface area (Å²) < 4.78 is 4.56. The van der Waals surface area contributed by atoms with Crippen molar-refractivity contribution in [3.63, 3.8) is 0 Å². The number of hydrogen-bond donors (Lipinski definition) is 0. The van der Waals surface area contributed by atoms with E-state index in [1.165, 1.54) is 7.11 Å². The maximum absolute atomic E-state index is 10.9. The second-order valence-electron chi connectivity index (χ2n) is 2.77. The van der Waals surface area contributed by atoms with Crippen LogP contribution in [0.1, 0.15) is 0 Å². The third-order valence-corrected chi connectivity index (χ3v) is 1.79. The predicted octanol–water partition coefficient (Wildman–Crippen LogP) is 1.72. The van der Waals surface area contributed by atoms with Crippen molar-refractivity contribution < 1.29 is 9.53 Å². The van der Waals surface area contributed by atoms with Gasteiger partial charge < -0.3 is 9.64 Å². The molecule has 0 atom stereocenters. The van der Waals surface area contributed by atoms with Gasteiger partial charge in [0.25, 0.3) is 0 Å². The highest BCUT2D eigenvalue weighted by Gasteiger charge is 2.05. The normalized spacial score (nSPS) is 8.71. The number of hydrogen-bond acceptors (Lipinski definition) is 3. The summed E-state index contributed by atoms with van der Waals surface area (Å²) in [5.74, 6) is -0.230. The smallest absolute Gasteiger partial charge is 0.325 e. The predicted molar refractivity (Wildman–Crippen MR) is 59.0 cm³/mol. The number of carbonyl (C=O) groups excluding carboxylic acids is 1. The van der Waals surface area contributed by atoms with Crippen molar-refractivity contribution in [1.82, 2.24) is 0 Å². The fraction of sp³-hybridized carbons (Fsp3) is 0.300. The highest BCUT2D eigenvalue weighted by molar-refractivity contribution is 5.85. The van der Waals surface area contributed by atoms with Crippen molar-refractivity contribution in [3.8, 4) is 0 Å². The number of nitrogens with zero attached hydrogens (tertiary/aromatic N) is 1. The van der Waals surface area contributed by atoms with Gasteiger partial charge in [-0.2, -0.15) is 0 Å². The third kappa shape index (κ3) is 3.66. The zero-order valence-electron chi connectivity index (χ0n) is 8.27. The van der Waals surface area contributed by atoms with E-state index < -0.39 is 0 Å². The first-order valence-electron chi connectivity index (χ1n) is 4.07. The monoisotopic (exact) mass is 215 g/mol.